The van der Waals surface area contributed by atoms with Gasteiger partial charge < -0.3 is 4.74 Å². The highest BCUT2D eigenvalue weighted by atomic mass is 16.5. The summed E-state index contributed by atoms with van der Waals surface area (Å²) in [5, 5.41) is 8.84. The Morgan fingerprint density at radius 3 is 2.79 bits per heavy atom. The summed E-state index contributed by atoms with van der Waals surface area (Å²) in [7, 11) is 0. The van der Waals surface area contributed by atoms with Crippen LogP contribution < -0.4 is 0 Å². The summed E-state index contributed by atoms with van der Waals surface area (Å²) in [4.78, 5) is 16.9. The van der Waals surface area contributed by atoms with Gasteiger partial charge in [-0.25, -0.2) is 0 Å². The highest BCUT2D eigenvalue weighted by Crippen LogP contribution is 2.55. The Kier molecular flexibility index (Phi) is 4.43. The lowest BCUT2D eigenvalue weighted by Crippen LogP contribution is -2.26. The second kappa shape index (κ2) is 6.67. The lowest BCUT2D eigenvalue weighted by molar-refractivity contribution is -0.146. The zero-order valence-corrected chi connectivity index (χ0v) is 13.5. The minimum absolute atomic E-state index is 0.0714. The molecule has 24 heavy (non-hydrogen) atoms. The number of ether oxygens (including phenoxy) is 1. The minimum Gasteiger partial charge on any atom is -0.465 e. The van der Waals surface area contributed by atoms with Crippen molar-refractivity contribution in [2.24, 2.45) is 5.92 Å². The molecule has 3 rings (SSSR count). The summed E-state index contributed by atoms with van der Waals surface area (Å²) in [6, 6.07) is 15.1. The molecular weight excluding hydrogens is 300 g/mol. The van der Waals surface area contributed by atoms with Gasteiger partial charge in [0, 0.05) is 12.1 Å². The van der Waals surface area contributed by atoms with E-state index in [4.69, 9.17) is 10.00 Å². The van der Waals surface area contributed by atoms with Crippen LogP contribution in [0.5, 0.6) is 0 Å². The van der Waals surface area contributed by atoms with Gasteiger partial charge in [-0.05, 0) is 43.2 Å². The van der Waals surface area contributed by atoms with E-state index in [1.165, 1.54) is 0 Å². The van der Waals surface area contributed by atoms with Crippen LogP contribution in [0.4, 0.5) is 0 Å². The summed E-state index contributed by atoms with van der Waals surface area (Å²) in [5.74, 6) is -0.139. The maximum Gasteiger partial charge on any atom is 0.318 e. The molecule has 1 saturated carbocycles. The fourth-order valence-corrected chi connectivity index (χ4v) is 2.94. The molecule has 1 fully saturated rings. The van der Waals surface area contributed by atoms with Crippen molar-refractivity contribution in [2.75, 3.05) is 6.61 Å². The van der Waals surface area contributed by atoms with E-state index in [0.29, 0.717) is 18.6 Å². The first-order valence-corrected chi connectivity index (χ1v) is 7.98. The van der Waals surface area contributed by atoms with Crippen molar-refractivity contribution in [3.8, 4) is 6.07 Å². The van der Waals surface area contributed by atoms with Crippen LogP contribution >= 0.6 is 0 Å². The number of hydrogen-bond acceptors (Lipinski definition) is 4. The number of aromatic nitrogens is 1. The maximum atomic E-state index is 12.5. The summed E-state index contributed by atoms with van der Waals surface area (Å²) >= 11 is 0. The predicted octanol–water partition coefficient (Wildman–Crippen LogP) is 3.49. The Morgan fingerprint density at radius 1 is 1.38 bits per heavy atom. The van der Waals surface area contributed by atoms with Crippen LogP contribution in [0.25, 0.3) is 6.08 Å². The molecule has 1 aliphatic carbocycles. The van der Waals surface area contributed by atoms with Crippen molar-refractivity contribution in [1.29, 1.82) is 5.26 Å². The first-order valence-electron chi connectivity index (χ1n) is 7.98. The van der Waals surface area contributed by atoms with E-state index in [0.717, 1.165) is 11.3 Å². The number of hydrogen-bond donors (Lipinski definition) is 0. The van der Waals surface area contributed by atoms with Crippen LogP contribution in [0.2, 0.25) is 0 Å². The van der Waals surface area contributed by atoms with Gasteiger partial charge in [0.05, 0.1) is 23.9 Å². The van der Waals surface area contributed by atoms with Crippen molar-refractivity contribution in [3.05, 3.63) is 71.6 Å². The zero-order valence-electron chi connectivity index (χ0n) is 13.5. The lowest BCUT2D eigenvalue weighted by atomic mass is 9.97. The molecule has 1 heterocycles. The van der Waals surface area contributed by atoms with E-state index in [-0.39, 0.29) is 11.9 Å². The van der Waals surface area contributed by atoms with Gasteiger partial charge in [0.1, 0.15) is 5.41 Å². The summed E-state index contributed by atoms with van der Waals surface area (Å²) in [5.41, 5.74) is 1.73. The predicted molar refractivity (Wildman–Crippen MR) is 90.8 cm³/mol. The van der Waals surface area contributed by atoms with E-state index in [2.05, 4.69) is 11.1 Å². The van der Waals surface area contributed by atoms with Crippen molar-refractivity contribution >= 4 is 12.0 Å². The number of pyridine rings is 1. The Bertz CT molecular complexity index is 791. The number of rotatable bonds is 5. The first-order chi connectivity index (χ1) is 11.7. The molecule has 2 aromatic rings. The Hall–Kier alpha value is -2.93. The number of carbonyl (C=O) groups excluding carboxylic acids is 1. The first kappa shape index (κ1) is 15.9. The Labute approximate surface area is 141 Å². The average Bonchev–Trinajstić information content (AvgIpc) is 3.37. The van der Waals surface area contributed by atoms with Crippen molar-refractivity contribution in [3.63, 3.8) is 0 Å². The van der Waals surface area contributed by atoms with Crippen LogP contribution in [-0.2, 0) is 14.9 Å². The Morgan fingerprint density at radius 2 is 2.17 bits per heavy atom. The SMILES string of the molecule is CCOC(=O)C1(c2ccccn2)CC1/C=C/c1ccc(C#N)cc1. The van der Waals surface area contributed by atoms with Gasteiger partial charge >= 0.3 is 5.97 Å². The maximum absolute atomic E-state index is 12.5. The third kappa shape index (κ3) is 2.93. The van der Waals surface area contributed by atoms with Crippen LogP contribution in [0.15, 0.2) is 54.7 Å². The molecule has 1 aliphatic rings. The summed E-state index contributed by atoms with van der Waals surface area (Å²) < 4.78 is 5.29. The molecule has 0 bridgehead atoms. The highest BCUT2D eigenvalue weighted by Gasteiger charge is 2.62. The quantitative estimate of drug-likeness (QED) is 0.792. The van der Waals surface area contributed by atoms with E-state index >= 15 is 0 Å². The molecule has 0 aliphatic heterocycles. The monoisotopic (exact) mass is 318 g/mol. The van der Waals surface area contributed by atoms with E-state index in [9.17, 15) is 4.79 Å². The molecule has 1 aromatic heterocycles. The van der Waals surface area contributed by atoms with Crippen LogP contribution in [-0.4, -0.2) is 17.6 Å². The molecule has 1 aromatic carbocycles. The van der Waals surface area contributed by atoms with Gasteiger partial charge in [0.2, 0.25) is 0 Å². The molecular formula is C20H18N2O2. The third-order valence-corrected chi connectivity index (χ3v) is 4.34. The minimum atomic E-state index is -0.666. The Balaban J connectivity index is 1.82. The smallest absolute Gasteiger partial charge is 0.318 e. The molecule has 0 N–H and O–H groups in total. The molecule has 0 saturated heterocycles. The topological polar surface area (TPSA) is 63.0 Å². The molecule has 4 nitrogen and oxygen atoms in total. The van der Waals surface area contributed by atoms with E-state index in [1.807, 2.05) is 49.4 Å². The molecule has 0 radical (unpaired) electrons. The fraction of sp³-hybridized carbons (Fsp3) is 0.250. The second-order valence-corrected chi connectivity index (χ2v) is 5.81. The molecule has 4 heteroatoms. The van der Waals surface area contributed by atoms with Gasteiger partial charge in [-0.1, -0.05) is 30.4 Å². The van der Waals surface area contributed by atoms with Gasteiger partial charge in [0.15, 0.2) is 0 Å². The van der Waals surface area contributed by atoms with Crippen molar-refractivity contribution in [1.82, 2.24) is 4.98 Å². The van der Waals surface area contributed by atoms with Crippen LogP contribution in [0.3, 0.4) is 0 Å². The van der Waals surface area contributed by atoms with Crippen molar-refractivity contribution in [2.45, 2.75) is 18.8 Å². The molecule has 2 atom stereocenters. The normalized spacial score (nSPS) is 22.1. The largest absolute Gasteiger partial charge is 0.465 e. The third-order valence-electron chi connectivity index (χ3n) is 4.34. The number of nitriles is 1. The lowest BCUT2D eigenvalue weighted by Gasteiger charge is -2.14. The number of allylic oxidation sites excluding steroid dienone is 1. The second-order valence-electron chi connectivity index (χ2n) is 5.81. The molecule has 2 unspecified atom stereocenters. The van der Waals surface area contributed by atoms with Crippen LogP contribution in [0, 0.1) is 17.2 Å². The van der Waals surface area contributed by atoms with Gasteiger partial charge in [0.25, 0.3) is 0 Å². The fourth-order valence-electron chi connectivity index (χ4n) is 2.94. The molecule has 120 valence electrons. The van der Waals surface area contributed by atoms with Gasteiger partial charge in [-0.15, -0.1) is 0 Å². The number of benzene rings is 1. The highest BCUT2D eigenvalue weighted by molar-refractivity contribution is 5.87. The van der Waals surface area contributed by atoms with Gasteiger partial charge in [-0.2, -0.15) is 5.26 Å². The average molecular weight is 318 g/mol. The summed E-state index contributed by atoms with van der Waals surface area (Å²) in [6.07, 6.45) is 6.42. The van der Waals surface area contributed by atoms with Crippen LogP contribution in [0.1, 0.15) is 30.2 Å². The molecule has 0 amide bonds. The number of nitrogens with zero attached hydrogens (tertiary/aromatic N) is 2. The number of carbonyl (C=O) groups is 1. The summed E-state index contributed by atoms with van der Waals surface area (Å²) in [6.45, 7) is 2.17. The van der Waals surface area contributed by atoms with E-state index < -0.39 is 5.41 Å². The number of esters is 1. The van der Waals surface area contributed by atoms with E-state index in [1.54, 1.807) is 18.3 Å². The zero-order chi connectivity index (χ0) is 17.0. The standard InChI is InChI=1S/C20H18N2O2/c1-2-24-19(23)20(18-5-3-4-12-22-18)13-17(20)11-10-15-6-8-16(14-21)9-7-15/h3-12,17H,2,13H2,1H3/b11-10+. The molecule has 0 spiro atoms. The van der Waals surface area contributed by atoms with Gasteiger partial charge in [-0.3, -0.25) is 9.78 Å². The van der Waals surface area contributed by atoms with Crippen molar-refractivity contribution < 1.29 is 9.53 Å².